The first-order chi connectivity index (χ1) is 9.81. The summed E-state index contributed by atoms with van der Waals surface area (Å²) in [4.78, 5) is 0. The summed E-state index contributed by atoms with van der Waals surface area (Å²) < 4.78 is 0. The van der Waals surface area contributed by atoms with E-state index in [9.17, 15) is 0 Å². The summed E-state index contributed by atoms with van der Waals surface area (Å²) in [5.41, 5.74) is 5.40. The molecule has 0 radical (unpaired) electrons. The number of hydrogen-bond acceptors (Lipinski definition) is 0. The summed E-state index contributed by atoms with van der Waals surface area (Å²) in [5.74, 6) is 0. The molecule has 0 fully saturated rings. The van der Waals surface area contributed by atoms with Gasteiger partial charge < -0.3 is 0 Å². The lowest BCUT2D eigenvalue weighted by Gasteiger charge is -2.05. The van der Waals surface area contributed by atoms with E-state index in [1.807, 2.05) is 0 Å². The Hall–Kier alpha value is -2.08. The molecule has 0 aliphatic rings. The van der Waals surface area contributed by atoms with Crippen molar-refractivity contribution in [3.05, 3.63) is 83.9 Å². The lowest BCUT2D eigenvalue weighted by atomic mass is 10.0. The third-order valence-electron chi connectivity index (χ3n) is 3.54. The molecule has 0 atom stereocenters. The average Bonchev–Trinajstić information content (AvgIpc) is 2.53. The van der Waals surface area contributed by atoms with Crippen molar-refractivity contribution in [1.82, 2.24) is 0 Å². The van der Waals surface area contributed by atoms with E-state index in [4.69, 9.17) is 0 Å². The van der Waals surface area contributed by atoms with E-state index in [-0.39, 0.29) is 0 Å². The van der Waals surface area contributed by atoms with Crippen molar-refractivity contribution in [2.75, 3.05) is 0 Å². The maximum absolute atomic E-state index is 2.34. The Kier molecular flexibility index (Phi) is 5.37. The van der Waals surface area contributed by atoms with Crippen LogP contribution in [0.1, 0.15) is 37.8 Å². The second-order valence-electron chi connectivity index (χ2n) is 4.94. The zero-order valence-electron chi connectivity index (χ0n) is 12.3. The third-order valence-corrected chi connectivity index (χ3v) is 3.54. The van der Waals surface area contributed by atoms with Gasteiger partial charge in [0.15, 0.2) is 0 Å². The highest BCUT2D eigenvalue weighted by Crippen LogP contribution is 2.19. The van der Waals surface area contributed by atoms with E-state index in [1.54, 1.807) is 0 Å². The summed E-state index contributed by atoms with van der Waals surface area (Å²) in [6.45, 7) is 4.39. The zero-order valence-corrected chi connectivity index (χ0v) is 12.3. The van der Waals surface area contributed by atoms with E-state index >= 15 is 0 Å². The first-order valence-corrected chi connectivity index (χ1v) is 7.28. The SMILES string of the molecule is CCC(=CCC=C(C)c1ccccc1)c1ccccc1. The van der Waals surface area contributed by atoms with Crippen LogP contribution in [0.5, 0.6) is 0 Å². The van der Waals surface area contributed by atoms with Crippen LogP contribution in [0, 0.1) is 0 Å². The molecule has 2 rings (SSSR count). The quantitative estimate of drug-likeness (QED) is 0.622. The summed E-state index contributed by atoms with van der Waals surface area (Å²) in [7, 11) is 0. The molecule has 0 spiro atoms. The molecule has 20 heavy (non-hydrogen) atoms. The summed E-state index contributed by atoms with van der Waals surface area (Å²) in [6, 6.07) is 21.2. The molecular formula is C20H22. The molecule has 0 nitrogen and oxygen atoms in total. The third kappa shape index (κ3) is 3.96. The van der Waals surface area contributed by atoms with Crippen LogP contribution in [0.25, 0.3) is 11.1 Å². The van der Waals surface area contributed by atoms with Gasteiger partial charge in [-0.05, 0) is 42.0 Å². The topological polar surface area (TPSA) is 0 Å². The van der Waals surface area contributed by atoms with Crippen molar-refractivity contribution in [3.63, 3.8) is 0 Å². The van der Waals surface area contributed by atoms with E-state index < -0.39 is 0 Å². The van der Waals surface area contributed by atoms with E-state index in [0.29, 0.717) is 0 Å². The molecule has 0 aliphatic heterocycles. The zero-order chi connectivity index (χ0) is 14.2. The van der Waals surface area contributed by atoms with E-state index in [1.165, 1.54) is 22.3 Å². The van der Waals surface area contributed by atoms with Gasteiger partial charge in [-0.15, -0.1) is 0 Å². The number of hydrogen-bond donors (Lipinski definition) is 0. The molecular weight excluding hydrogens is 240 g/mol. The molecule has 2 aromatic rings. The molecule has 0 heteroatoms. The second kappa shape index (κ2) is 7.49. The lowest BCUT2D eigenvalue weighted by Crippen LogP contribution is -1.82. The Balaban J connectivity index is 2.08. The Morgan fingerprint density at radius 1 is 0.800 bits per heavy atom. The van der Waals surface area contributed by atoms with Crippen molar-refractivity contribution >= 4 is 11.1 Å². The molecule has 0 aromatic heterocycles. The highest BCUT2D eigenvalue weighted by Gasteiger charge is 1.97. The highest BCUT2D eigenvalue weighted by atomic mass is 14.0. The predicted molar refractivity (Wildman–Crippen MR) is 89.4 cm³/mol. The van der Waals surface area contributed by atoms with Crippen molar-refractivity contribution in [1.29, 1.82) is 0 Å². The molecule has 0 amide bonds. The summed E-state index contributed by atoms with van der Waals surface area (Å²) in [6.07, 6.45) is 6.69. The maximum atomic E-state index is 2.34. The van der Waals surface area contributed by atoms with Crippen molar-refractivity contribution in [2.45, 2.75) is 26.7 Å². The van der Waals surface area contributed by atoms with Gasteiger partial charge in [-0.25, -0.2) is 0 Å². The van der Waals surface area contributed by atoms with Gasteiger partial charge in [-0.2, -0.15) is 0 Å². The van der Waals surface area contributed by atoms with E-state index in [2.05, 4.69) is 86.7 Å². The predicted octanol–water partition coefficient (Wildman–Crippen LogP) is 5.97. The lowest BCUT2D eigenvalue weighted by molar-refractivity contribution is 1.21. The van der Waals surface area contributed by atoms with Crippen LogP contribution >= 0.6 is 0 Å². The van der Waals surface area contributed by atoms with E-state index in [0.717, 1.165) is 12.8 Å². The molecule has 2 aromatic carbocycles. The van der Waals surface area contributed by atoms with Crippen molar-refractivity contribution in [2.24, 2.45) is 0 Å². The number of benzene rings is 2. The molecule has 0 saturated heterocycles. The normalized spacial score (nSPS) is 12.5. The minimum Gasteiger partial charge on any atom is -0.0772 e. The van der Waals surface area contributed by atoms with Gasteiger partial charge in [-0.1, -0.05) is 79.7 Å². The Morgan fingerprint density at radius 3 is 1.90 bits per heavy atom. The minimum atomic E-state index is 0.985. The molecule has 0 saturated carbocycles. The minimum absolute atomic E-state index is 0.985. The van der Waals surface area contributed by atoms with Crippen molar-refractivity contribution < 1.29 is 0 Å². The van der Waals surface area contributed by atoms with Crippen molar-refractivity contribution in [3.8, 4) is 0 Å². The molecule has 0 N–H and O–H groups in total. The van der Waals surface area contributed by atoms with Gasteiger partial charge in [0.25, 0.3) is 0 Å². The Bertz CT molecular complexity index is 574. The average molecular weight is 262 g/mol. The molecule has 0 heterocycles. The largest absolute Gasteiger partial charge is 0.0772 e. The molecule has 0 unspecified atom stereocenters. The number of rotatable bonds is 5. The van der Waals surface area contributed by atoms with Crippen LogP contribution in [0.4, 0.5) is 0 Å². The van der Waals surface area contributed by atoms with Gasteiger partial charge in [0.1, 0.15) is 0 Å². The second-order valence-corrected chi connectivity index (χ2v) is 4.94. The van der Waals surface area contributed by atoms with Crippen LogP contribution < -0.4 is 0 Å². The molecule has 102 valence electrons. The van der Waals surface area contributed by atoms with Gasteiger partial charge in [0.2, 0.25) is 0 Å². The standard InChI is InChI=1S/C20H22/c1-3-18(20-14-8-5-9-15-20)16-10-11-17(2)19-12-6-4-7-13-19/h4-9,11-16H,3,10H2,1-2H3. The smallest absolute Gasteiger partial charge is 0.0157 e. The first-order valence-electron chi connectivity index (χ1n) is 7.28. The van der Waals surface area contributed by atoms with Crippen LogP contribution in [0.2, 0.25) is 0 Å². The summed E-state index contributed by atoms with van der Waals surface area (Å²) >= 11 is 0. The van der Waals surface area contributed by atoms with Gasteiger partial charge in [0.05, 0.1) is 0 Å². The van der Waals surface area contributed by atoms with Gasteiger partial charge >= 0.3 is 0 Å². The fourth-order valence-electron chi connectivity index (χ4n) is 2.32. The molecule has 0 bridgehead atoms. The fourth-order valence-corrected chi connectivity index (χ4v) is 2.32. The van der Waals surface area contributed by atoms with Crippen LogP contribution in [0.3, 0.4) is 0 Å². The Morgan fingerprint density at radius 2 is 1.35 bits per heavy atom. The fraction of sp³-hybridized carbons (Fsp3) is 0.200. The van der Waals surface area contributed by atoms with Gasteiger partial charge in [0, 0.05) is 0 Å². The van der Waals surface area contributed by atoms with Gasteiger partial charge in [-0.3, -0.25) is 0 Å². The Labute approximate surface area is 122 Å². The van der Waals surface area contributed by atoms with Crippen LogP contribution in [-0.4, -0.2) is 0 Å². The van der Waals surface area contributed by atoms with Crippen LogP contribution in [-0.2, 0) is 0 Å². The maximum Gasteiger partial charge on any atom is -0.0157 e. The molecule has 0 aliphatic carbocycles. The monoisotopic (exact) mass is 262 g/mol. The highest BCUT2D eigenvalue weighted by molar-refractivity contribution is 5.67. The summed E-state index contributed by atoms with van der Waals surface area (Å²) in [5, 5.41) is 0. The number of allylic oxidation sites excluding steroid dienone is 4. The first kappa shape index (κ1) is 14.3. The van der Waals surface area contributed by atoms with Crippen LogP contribution in [0.15, 0.2) is 72.8 Å².